The molecule has 0 fully saturated rings. The fourth-order valence-corrected chi connectivity index (χ4v) is 3.98. The highest BCUT2D eigenvalue weighted by atomic mass is 16.5. The zero-order valence-corrected chi connectivity index (χ0v) is 19.6. The van der Waals surface area contributed by atoms with Gasteiger partial charge < -0.3 is 19.5 Å². The van der Waals surface area contributed by atoms with Crippen LogP contribution in [0.2, 0.25) is 0 Å². The molecule has 33 heavy (non-hydrogen) atoms. The van der Waals surface area contributed by atoms with E-state index in [9.17, 15) is 9.90 Å². The van der Waals surface area contributed by atoms with E-state index in [1.54, 1.807) is 12.0 Å². The third kappa shape index (κ3) is 6.59. The average molecular weight is 448 g/mol. The number of aryl methyl sites for hydroxylation is 1. The van der Waals surface area contributed by atoms with Crippen molar-refractivity contribution in [3.8, 4) is 11.5 Å². The number of carbonyl (C=O) groups excluding carboxylic acids is 1. The second-order valence-corrected chi connectivity index (χ2v) is 8.10. The van der Waals surface area contributed by atoms with Gasteiger partial charge in [-0.1, -0.05) is 80.1 Å². The lowest BCUT2D eigenvalue weighted by Gasteiger charge is -2.33. The molecule has 0 radical (unpaired) electrons. The topological polar surface area (TPSA) is 59.0 Å². The smallest absolute Gasteiger partial charge is 0.220 e. The summed E-state index contributed by atoms with van der Waals surface area (Å²) in [5, 5.41) is 10.8. The molecular formula is C28H33NO4. The Morgan fingerprint density at radius 1 is 0.939 bits per heavy atom. The number of ether oxygens (including phenoxy) is 2. The molecule has 5 nitrogen and oxygen atoms in total. The number of carbonyl (C=O) groups is 1. The van der Waals surface area contributed by atoms with Crippen molar-refractivity contribution in [2.45, 2.75) is 38.8 Å². The molecule has 5 heteroatoms. The molecule has 0 saturated carbocycles. The predicted molar refractivity (Wildman–Crippen MR) is 131 cm³/mol. The van der Waals surface area contributed by atoms with Crippen LogP contribution >= 0.6 is 0 Å². The second kappa shape index (κ2) is 12.1. The first kappa shape index (κ1) is 24.3. The Hall–Kier alpha value is -3.31. The van der Waals surface area contributed by atoms with Crippen molar-refractivity contribution in [2.75, 3.05) is 20.3 Å². The number of methoxy groups -OCH3 is 1. The van der Waals surface area contributed by atoms with Crippen molar-refractivity contribution in [3.05, 3.63) is 95.6 Å². The fourth-order valence-electron chi connectivity index (χ4n) is 3.98. The van der Waals surface area contributed by atoms with Crippen LogP contribution in [-0.2, 0) is 11.2 Å². The molecule has 1 unspecified atom stereocenters. The Morgan fingerprint density at radius 2 is 1.55 bits per heavy atom. The van der Waals surface area contributed by atoms with Crippen LogP contribution in [0.5, 0.6) is 11.5 Å². The van der Waals surface area contributed by atoms with Gasteiger partial charge in [0.1, 0.15) is 12.7 Å². The third-order valence-corrected chi connectivity index (χ3v) is 5.55. The number of aliphatic hydroxyl groups excluding tert-OH is 1. The van der Waals surface area contributed by atoms with Gasteiger partial charge in [0.05, 0.1) is 19.7 Å². The zero-order valence-electron chi connectivity index (χ0n) is 19.6. The van der Waals surface area contributed by atoms with Crippen molar-refractivity contribution in [1.29, 1.82) is 0 Å². The Kier molecular flexibility index (Phi) is 8.90. The summed E-state index contributed by atoms with van der Waals surface area (Å²) < 4.78 is 11.3. The van der Waals surface area contributed by atoms with Gasteiger partial charge in [0.15, 0.2) is 11.5 Å². The normalized spacial score (nSPS) is 11.8. The molecule has 3 aromatic carbocycles. The van der Waals surface area contributed by atoms with Gasteiger partial charge in [0.25, 0.3) is 0 Å². The van der Waals surface area contributed by atoms with Gasteiger partial charge in [-0.25, -0.2) is 0 Å². The van der Waals surface area contributed by atoms with E-state index in [1.165, 1.54) is 12.5 Å². The first-order valence-corrected chi connectivity index (χ1v) is 11.4. The van der Waals surface area contributed by atoms with Crippen LogP contribution in [0.15, 0.2) is 78.9 Å². The maximum absolute atomic E-state index is 12.7. The third-order valence-electron chi connectivity index (χ3n) is 5.55. The van der Waals surface area contributed by atoms with Crippen LogP contribution in [-0.4, -0.2) is 42.3 Å². The standard InChI is InChI=1S/C28H33NO4/c1-4-11-22-16-17-26(27(18-22)32-3)33-20-25(31)19-29(21(2)30)28(23-12-7-5-8-13-23)24-14-9-6-10-15-24/h5-10,12-18,25,28,31H,4,11,19-20H2,1-3H3. The van der Waals surface area contributed by atoms with Crippen molar-refractivity contribution in [1.82, 2.24) is 4.90 Å². The van der Waals surface area contributed by atoms with Gasteiger partial charge in [-0.3, -0.25) is 4.79 Å². The van der Waals surface area contributed by atoms with E-state index in [0.717, 1.165) is 24.0 Å². The van der Waals surface area contributed by atoms with E-state index < -0.39 is 6.10 Å². The maximum atomic E-state index is 12.7. The highest BCUT2D eigenvalue weighted by Gasteiger charge is 2.27. The summed E-state index contributed by atoms with van der Waals surface area (Å²) in [6.07, 6.45) is 1.14. The molecule has 0 spiro atoms. The number of hydrogen-bond donors (Lipinski definition) is 1. The SMILES string of the molecule is CCCc1ccc(OCC(O)CN(C(C)=O)C(c2ccccc2)c2ccccc2)c(OC)c1. The summed E-state index contributed by atoms with van der Waals surface area (Å²) in [7, 11) is 1.61. The minimum atomic E-state index is -0.871. The van der Waals surface area contributed by atoms with Gasteiger partial charge in [-0.2, -0.15) is 0 Å². The largest absolute Gasteiger partial charge is 0.493 e. The molecule has 0 saturated heterocycles. The number of hydrogen-bond acceptors (Lipinski definition) is 4. The fraction of sp³-hybridized carbons (Fsp3) is 0.321. The van der Waals surface area contributed by atoms with Crippen LogP contribution in [0.1, 0.15) is 43.0 Å². The van der Waals surface area contributed by atoms with Gasteiger partial charge in [0.2, 0.25) is 5.91 Å². The number of rotatable bonds is 11. The van der Waals surface area contributed by atoms with E-state index in [1.807, 2.05) is 78.9 Å². The lowest BCUT2D eigenvalue weighted by atomic mass is 9.96. The van der Waals surface area contributed by atoms with Crippen LogP contribution < -0.4 is 9.47 Å². The number of aliphatic hydroxyl groups is 1. The number of benzene rings is 3. The molecule has 0 aliphatic rings. The molecule has 0 heterocycles. The lowest BCUT2D eigenvalue weighted by molar-refractivity contribution is -0.132. The van der Waals surface area contributed by atoms with Crippen LogP contribution in [0.3, 0.4) is 0 Å². The quantitative estimate of drug-likeness (QED) is 0.448. The summed E-state index contributed by atoms with van der Waals surface area (Å²) in [5.41, 5.74) is 3.15. The second-order valence-electron chi connectivity index (χ2n) is 8.10. The van der Waals surface area contributed by atoms with E-state index in [4.69, 9.17) is 9.47 Å². The van der Waals surface area contributed by atoms with Crippen molar-refractivity contribution >= 4 is 5.91 Å². The van der Waals surface area contributed by atoms with Gasteiger partial charge in [-0.05, 0) is 35.2 Å². The summed E-state index contributed by atoms with van der Waals surface area (Å²) in [5.74, 6) is 1.10. The molecule has 0 bridgehead atoms. The predicted octanol–water partition coefficient (Wildman–Crippen LogP) is 5.03. The Balaban J connectivity index is 1.76. The van der Waals surface area contributed by atoms with Crippen molar-refractivity contribution in [2.24, 2.45) is 0 Å². The first-order valence-electron chi connectivity index (χ1n) is 11.4. The van der Waals surface area contributed by atoms with Crippen LogP contribution in [0.4, 0.5) is 0 Å². The van der Waals surface area contributed by atoms with Crippen molar-refractivity contribution < 1.29 is 19.4 Å². The molecule has 1 amide bonds. The summed E-state index contributed by atoms with van der Waals surface area (Å²) in [4.78, 5) is 14.4. The maximum Gasteiger partial charge on any atom is 0.220 e. The van der Waals surface area contributed by atoms with E-state index >= 15 is 0 Å². The Morgan fingerprint density at radius 3 is 2.06 bits per heavy atom. The highest BCUT2D eigenvalue weighted by molar-refractivity contribution is 5.74. The molecule has 1 atom stereocenters. The molecule has 0 aromatic heterocycles. The highest BCUT2D eigenvalue weighted by Crippen LogP contribution is 2.30. The van der Waals surface area contributed by atoms with Crippen molar-refractivity contribution in [3.63, 3.8) is 0 Å². The first-order chi connectivity index (χ1) is 16.0. The average Bonchev–Trinajstić information content (AvgIpc) is 2.84. The molecule has 3 rings (SSSR count). The molecule has 0 aliphatic carbocycles. The number of nitrogens with zero attached hydrogens (tertiary/aromatic N) is 1. The molecule has 174 valence electrons. The summed E-state index contributed by atoms with van der Waals surface area (Å²) >= 11 is 0. The monoisotopic (exact) mass is 447 g/mol. The molecule has 1 N–H and O–H groups in total. The lowest BCUT2D eigenvalue weighted by Crippen LogP contribution is -2.41. The minimum absolute atomic E-state index is 0.0452. The molecule has 0 aliphatic heterocycles. The van der Waals surface area contributed by atoms with E-state index in [0.29, 0.717) is 11.5 Å². The summed E-state index contributed by atoms with van der Waals surface area (Å²) in [6.45, 7) is 3.84. The molecule has 3 aromatic rings. The minimum Gasteiger partial charge on any atom is -0.493 e. The van der Waals surface area contributed by atoms with E-state index in [-0.39, 0.29) is 25.1 Å². The zero-order chi connectivity index (χ0) is 23.6. The molecular weight excluding hydrogens is 414 g/mol. The van der Waals surface area contributed by atoms with Gasteiger partial charge in [0, 0.05) is 6.92 Å². The number of amides is 1. The van der Waals surface area contributed by atoms with E-state index in [2.05, 4.69) is 6.92 Å². The van der Waals surface area contributed by atoms with Crippen LogP contribution in [0, 0.1) is 0 Å². The van der Waals surface area contributed by atoms with Gasteiger partial charge in [-0.15, -0.1) is 0 Å². The Labute approximate surface area is 196 Å². The Bertz CT molecular complexity index is 967. The summed E-state index contributed by atoms with van der Waals surface area (Å²) in [6, 6.07) is 25.3. The van der Waals surface area contributed by atoms with Crippen LogP contribution in [0.25, 0.3) is 0 Å². The van der Waals surface area contributed by atoms with Gasteiger partial charge >= 0.3 is 0 Å².